The molecule has 2 aliphatic heterocycles. The normalized spacial score (nSPS) is 28.8. The van der Waals surface area contributed by atoms with Crippen LogP contribution in [-0.2, 0) is 24.0 Å². The molecule has 11 heteroatoms. The van der Waals surface area contributed by atoms with Crippen LogP contribution in [0, 0.1) is 5.92 Å². The molecule has 2 aromatic rings. The lowest BCUT2D eigenvalue weighted by Crippen LogP contribution is -2.56. The molecule has 2 aliphatic carbocycles. The molecule has 2 saturated carbocycles. The minimum atomic E-state index is -1.41. The van der Waals surface area contributed by atoms with Gasteiger partial charge in [0.2, 0.25) is 11.8 Å². The van der Waals surface area contributed by atoms with E-state index in [1.54, 1.807) is 6.21 Å². The Balaban J connectivity index is 1.18. The zero-order valence-electron chi connectivity index (χ0n) is 27.1. The summed E-state index contributed by atoms with van der Waals surface area (Å²) in [7, 11) is 0. The second-order valence-electron chi connectivity index (χ2n) is 13.3. The number of alkyl carbamates (subject to hydrolysis) is 1. The lowest BCUT2D eigenvalue weighted by molar-refractivity contribution is -0.145. The maximum Gasteiger partial charge on any atom is 0.408 e. The topological polar surface area (TPSA) is 147 Å². The first-order valence-electron chi connectivity index (χ1n) is 17.2. The molecule has 2 heterocycles. The number of benzene rings is 2. The number of ether oxygens (including phenoxy) is 1. The number of carbonyl (C=O) groups excluding carboxylic acids is 3. The van der Waals surface area contributed by atoms with Gasteiger partial charge >= 0.3 is 12.1 Å². The molecule has 48 heavy (non-hydrogen) atoms. The number of aliphatic carboxylic acids is 1. The molecular weight excluding hydrogens is 612 g/mol. The molecule has 6 rings (SSSR count). The molecule has 3 amide bonds. The monoisotopic (exact) mass is 656 g/mol. The first kappa shape index (κ1) is 33.2. The van der Waals surface area contributed by atoms with Crippen molar-refractivity contribution in [2.75, 3.05) is 6.54 Å². The van der Waals surface area contributed by atoms with Crippen LogP contribution in [0.3, 0.4) is 0 Å². The van der Waals surface area contributed by atoms with Gasteiger partial charge in [-0.1, -0.05) is 84.7 Å². The van der Waals surface area contributed by atoms with Gasteiger partial charge in [0.15, 0.2) is 0 Å². The summed E-state index contributed by atoms with van der Waals surface area (Å²) in [5.41, 5.74) is 1.58. The van der Waals surface area contributed by atoms with Crippen LogP contribution in [0.1, 0.15) is 76.2 Å². The van der Waals surface area contributed by atoms with Gasteiger partial charge in [0.1, 0.15) is 29.8 Å². The van der Waals surface area contributed by atoms with Crippen molar-refractivity contribution in [3.63, 3.8) is 0 Å². The molecule has 0 radical (unpaired) electrons. The summed E-state index contributed by atoms with van der Waals surface area (Å²) in [4.78, 5) is 60.4. The highest BCUT2D eigenvalue weighted by molar-refractivity contribution is 5.96. The van der Waals surface area contributed by atoms with Gasteiger partial charge in [-0.2, -0.15) is 0 Å². The smallest absolute Gasteiger partial charge is 0.408 e. The molecule has 1 saturated heterocycles. The van der Waals surface area contributed by atoms with Gasteiger partial charge in [0.05, 0.1) is 12.8 Å². The van der Waals surface area contributed by atoms with E-state index < -0.39 is 47.6 Å². The van der Waals surface area contributed by atoms with Crippen molar-refractivity contribution in [1.82, 2.24) is 15.5 Å². The number of allylic oxidation sites excluding steroid dienone is 1. The van der Waals surface area contributed by atoms with Crippen molar-refractivity contribution in [1.29, 1.82) is 0 Å². The van der Waals surface area contributed by atoms with Crippen molar-refractivity contribution < 1.29 is 33.9 Å². The highest BCUT2D eigenvalue weighted by Gasteiger charge is 2.61. The first-order valence-corrected chi connectivity index (χ1v) is 17.2. The Morgan fingerprint density at radius 2 is 1.67 bits per heavy atom. The van der Waals surface area contributed by atoms with Crippen molar-refractivity contribution in [2.45, 2.75) is 100 Å². The minimum absolute atomic E-state index is 0.0560. The SMILES string of the molecule is O=C(N[C@H]1CCCCC/C=C\[C@@H]2C[C@]2(C(=O)O)NC(=O)[C@@H]2C[C@@H](O/N=C/c3ccc(-c4ccccc4)cc3)CN2C1=O)OC1CCCC1. The molecular formula is C37H44N4O7. The molecule has 0 aromatic heterocycles. The average molecular weight is 657 g/mol. The average Bonchev–Trinajstić information content (AvgIpc) is 3.37. The van der Waals surface area contributed by atoms with E-state index in [2.05, 4.69) is 15.8 Å². The van der Waals surface area contributed by atoms with Crippen molar-refractivity contribution >= 4 is 30.1 Å². The van der Waals surface area contributed by atoms with Gasteiger partial charge in [-0.25, -0.2) is 9.59 Å². The molecule has 0 unspecified atom stereocenters. The second kappa shape index (κ2) is 15.0. The zero-order valence-corrected chi connectivity index (χ0v) is 27.1. The molecule has 0 spiro atoms. The van der Waals surface area contributed by atoms with Gasteiger partial charge < -0.3 is 30.2 Å². The molecule has 11 nitrogen and oxygen atoms in total. The van der Waals surface area contributed by atoms with Crippen LogP contribution in [-0.4, -0.2) is 76.5 Å². The number of amides is 3. The van der Waals surface area contributed by atoms with Crippen LogP contribution in [0.15, 0.2) is 71.9 Å². The Labute approximate surface area is 280 Å². The van der Waals surface area contributed by atoms with E-state index >= 15 is 0 Å². The standard InChI is InChI=1S/C37H44N4O7/c42-33-32-21-30(48-38-23-25-17-19-27(20-18-25)26-11-5-4-6-12-26)24-41(32)34(43)31(39-36(46)47-29-14-9-10-15-29)16-8-3-1-2-7-13-28-22-37(28,40-33)35(44)45/h4-7,11-13,17-20,23,28-32H,1-3,8-10,14-16,21-22,24H2,(H,39,46)(H,40,42)(H,44,45)/b13-7-,38-23+/t28-,30-,31+,32+,37+/m1/s1. The third kappa shape index (κ3) is 7.89. The van der Waals surface area contributed by atoms with Gasteiger partial charge in [0, 0.05) is 12.3 Å². The summed E-state index contributed by atoms with van der Waals surface area (Å²) >= 11 is 0. The number of rotatable bonds is 7. The zero-order chi connectivity index (χ0) is 33.5. The third-order valence-corrected chi connectivity index (χ3v) is 9.92. The fourth-order valence-electron chi connectivity index (χ4n) is 7.04. The van der Waals surface area contributed by atoms with Gasteiger partial charge in [0.25, 0.3) is 0 Å². The fourth-order valence-corrected chi connectivity index (χ4v) is 7.04. The molecule has 4 aliphatic rings. The maximum absolute atomic E-state index is 14.1. The maximum atomic E-state index is 14.1. The number of carboxylic acid groups (broad SMARTS) is 1. The number of nitrogens with zero attached hydrogens (tertiary/aromatic N) is 2. The molecule has 254 valence electrons. The Morgan fingerprint density at radius 1 is 0.938 bits per heavy atom. The highest BCUT2D eigenvalue weighted by atomic mass is 16.6. The summed E-state index contributed by atoms with van der Waals surface area (Å²) in [6, 6.07) is 16.0. The Bertz CT molecular complexity index is 1520. The predicted octanol–water partition coefficient (Wildman–Crippen LogP) is 5.19. The Hall–Kier alpha value is -4.67. The van der Waals surface area contributed by atoms with Crippen LogP contribution in [0.5, 0.6) is 0 Å². The summed E-state index contributed by atoms with van der Waals surface area (Å²) in [5, 5.41) is 19.8. The first-order chi connectivity index (χ1) is 23.3. The number of hydrogen-bond acceptors (Lipinski definition) is 7. The molecule has 3 fully saturated rings. The van der Waals surface area contributed by atoms with Crippen LogP contribution in [0.25, 0.3) is 11.1 Å². The van der Waals surface area contributed by atoms with E-state index in [0.717, 1.165) is 61.6 Å². The number of carbonyl (C=O) groups is 4. The molecule has 5 atom stereocenters. The van der Waals surface area contributed by atoms with Crippen LogP contribution < -0.4 is 10.6 Å². The minimum Gasteiger partial charge on any atom is -0.479 e. The predicted molar refractivity (Wildman–Crippen MR) is 179 cm³/mol. The summed E-state index contributed by atoms with van der Waals surface area (Å²) in [5.74, 6) is -2.40. The van der Waals surface area contributed by atoms with Gasteiger partial charge in [-0.15, -0.1) is 0 Å². The van der Waals surface area contributed by atoms with E-state index in [1.165, 1.54) is 4.90 Å². The summed E-state index contributed by atoms with van der Waals surface area (Å²) in [6.45, 7) is 0.0560. The van der Waals surface area contributed by atoms with Crippen molar-refractivity contribution in [3.05, 3.63) is 72.3 Å². The second-order valence-corrected chi connectivity index (χ2v) is 13.3. The van der Waals surface area contributed by atoms with E-state index in [0.29, 0.717) is 12.8 Å². The van der Waals surface area contributed by atoms with E-state index in [-0.39, 0.29) is 31.4 Å². The van der Waals surface area contributed by atoms with E-state index in [9.17, 15) is 24.3 Å². The van der Waals surface area contributed by atoms with Crippen LogP contribution >= 0.6 is 0 Å². The van der Waals surface area contributed by atoms with Crippen LogP contribution in [0.4, 0.5) is 4.79 Å². The van der Waals surface area contributed by atoms with Crippen molar-refractivity contribution in [3.8, 4) is 11.1 Å². The number of oxime groups is 1. The molecule has 2 aromatic carbocycles. The number of fused-ring (bicyclic) bond motifs is 2. The Kier molecular flexibility index (Phi) is 10.4. The number of hydrogen-bond donors (Lipinski definition) is 3. The number of nitrogens with one attached hydrogen (secondary N) is 2. The third-order valence-electron chi connectivity index (χ3n) is 9.92. The van der Waals surface area contributed by atoms with E-state index in [1.807, 2.05) is 66.7 Å². The van der Waals surface area contributed by atoms with E-state index in [4.69, 9.17) is 9.57 Å². The van der Waals surface area contributed by atoms with Gasteiger partial charge in [-0.05, 0) is 68.1 Å². The Morgan fingerprint density at radius 3 is 2.42 bits per heavy atom. The summed E-state index contributed by atoms with van der Waals surface area (Å²) < 4.78 is 5.61. The fraction of sp³-hybridized carbons (Fsp3) is 0.486. The summed E-state index contributed by atoms with van der Waals surface area (Å²) in [6.07, 6.45) is 11.6. The number of carboxylic acids is 1. The van der Waals surface area contributed by atoms with Gasteiger partial charge in [-0.3, -0.25) is 9.59 Å². The van der Waals surface area contributed by atoms with Crippen molar-refractivity contribution in [2.24, 2.45) is 11.1 Å². The largest absolute Gasteiger partial charge is 0.479 e. The lowest BCUT2D eigenvalue weighted by Gasteiger charge is -2.29. The molecule has 0 bridgehead atoms. The molecule has 3 N–H and O–H groups in total. The van der Waals surface area contributed by atoms with Crippen LogP contribution in [0.2, 0.25) is 0 Å². The highest BCUT2D eigenvalue weighted by Crippen LogP contribution is 2.45. The quantitative estimate of drug-likeness (QED) is 0.211. The lowest BCUT2D eigenvalue weighted by atomic mass is 10.0.